The number of rotatable bonds is 4. The molecule has 0 aromatic carbocycles. The van der Waals surface area contributed by atoms with Gasteiger partial charge in [0.15, 0.2) is 0 Å². The number of piperidine rings is 1. The summed E-state index contributed by atoms with van der Waals surface area (Å²) in [5, 5.41) is 4.68. The van der Waals surface area contributed by atoms with Crippen molar-refractivity contribution >= 4 is 27.4 Å². The van der Waals surface area contributed by atoms with E-state index in [1.807, 2.05) is 0 Å². The first-order valence-electron chi connectivity index (χ1n) is 7.82. The molecule has 0 radical (unpaired) electrons. The van der Waals surface area contributed by atoms with Crippen LogP contribution in [-0.2, 0) is 0 Å². The number of hydrogen-bond donors (Lipinski definition) is 1. The van der Waals surface area contributed by atoms with E-state index < -0.39 is 0 Å². The van der Waals surface area contributed by atoms with Gasteiger partial charge in [0.25, 0.3) is 0 Å². The summed E-state index contributed by atoms with van der Waals surface area (Å²) >= 11 is 1.73. The van der Waals surface area contributed by atoms with Gasteiger partial charge in [-0.1, -0.05) is 6.92 Å². The van der Waals surface area contributed by atoms with E-state index in [1.54, 1.807) is 17.7 Å². The third-order valence-corrected chi connectivity index (χ3v) is 5.29. The maximum absolute atomic E-state index is 4.42. The van der Waals surface area contributed by atoms with Crippen LogP contribution in [0.5, 0.6) is 0 Å². The molecule has 114 valence electrons. The third-order valence-electron chi connectivity index (χ3n) is 4.33. The lowest BCUT2D eigenvalue weighted by molar-refractivity contribution is 0.144. The summed E-state index contributed by atoms with van der Waals surface area (Å²) in [7, 11) is 0. The summed E-state index contributed by atoms with van der Waals surface area (Å²) in [5.41, 5.74) is 0. The summed E-state index contributed by atoms with van der Waals surface area (Å²) in [5.74, 6) is 1.80. The van der Waals surface area contributed by atoms with Crippen LogP contribution in [0.4, 0.5) is 5.82 Å². The molecule has 0 saturated carbocycles. The molecule has 1 fully saturated rings. The molecule has 2 unspecified atom stereocenters. The second-order valence-corrected chi connectivity index (χ2v) is 7.51. The highest BCUT2D eigenvalue weighted by Gasteiger charge is 2.21. The van der Waals surface area contributed by atoms with Crippen LogP contribution in [0, 0.1) is 12.8 Å². The summed E-state index contributed by atoms with van der Waals surface area (Å²) < 4.78 is 0. The Morgan fingerprint density at radius 1 is 1.48 bits per heavy atom. The van der Waals surface area contributed by atoms with Crippen molar-refractivity contribution in [2.75, 3.05) is 25.0 Å². The molecule has 3 rings (SSSR count). The molecule has 1 saturated heterocycles. The fourth-order valence-corrected chi connectivity index (χ4v) is 3.96. The quantitative estimate of drug-likeness (QED) is 0.938. The first kappa shape index (κ1) is 14.7. The fraction of sp³-hybridized carbons (Fsp3) is 0.625. The van der Waals surface area contributed by atoms with Gasteiger partial charge < -0.3 is 5.32 Å². The van der Waals surface area contributed by atoms with Gasteiger partial charge in [-0.3, -0.25) is 4.90 Å². The van der Waals surface area contributed by atoms with Gasteiger partial charge in [-0.25, -0.2) is 9.97 Å². The van der Waals surface area contributed by atoms with E-state index >= 15 is 0 Å². The maximum Gasteiger partial charge on any atom is 0.138 e. The van der Waals surface area contributed by atoms with Crippen LogP contribution in [0.3, 0.4) is 0 Å². The van der Waals surface area contributed by atoms with Gasteiger partial charge in [0.2, 0.25) is 0 Å². The molecule has 5 heteroatoms. The Morgan fingerprint density at radius 3 is 3.14 bits per heavy atom. The molecular formula is C16H24N4S. The molecule has 2 aromatic rings. The van der Waals surface area contributed by atoms with Crippen LogP contribution in [0.15, 0.2) is 12.4 Å². The van der Waals surface area contributed by atoms with Gasteiger partial charge in [0.05, 0.1) is 5.39 Å². The number of aromatic nitrogens is 2. The molecule has 4 nitrogen and oxygen atoms in total. The minimum atomic E-state index is 0.539. The van der Waals surface area contributed by atoms with Crippen molar-refractivity contribution in [3.05, 3.63) is 17.3 Å². The largest absolute Gasteiger partial charge is 0.368 e. The van der Waals surface area contributed by atoms with Crippen LogP contribution in [0.25, 0.3) is 10.2 Å². The zero-order chi connectivity index (χ0) is 14.8. The fourth-order valence-electron chi connectivity index (χ4n) is 3.12. The highest BCUT2D eigenvalue weighted by atomic mass is 32.1. The monoisotopic (exact) mass is 304 g/mol. The molecular weight excluding hydrogens is 280 g/mol. The summed E-state index contributed by atoms with van der Waals surface area (Å²) in [6.07, 6.45) is 4.36. The molecule has 3 heterocycles. The van der Waals surface area contributed by atoms with E-state index in [0.717, 1.165) is 28.5 Å². The minimum Gasteiger partial charge on any atom is -0.368 e. The summed E-state index contributed by atoms with van der Waals surface area (Å²) in [6, 6.07) is 2.72. The molecule has 1 aliphatic heterocycles. The number of anilines is 1. The zero-order valence-electron chi connectivity index (χ0n) is 13.1. The molecule has 0 bridgehead atoms. The molecule has 2 aromatic heterocycles. The SMILES string of the molecule is Cc1cc2c(NCC(C)N3CCCC(C)C3)ncnc2s1. The van der Waals surface area contributed by atoms with Gasteiger partial charge in [0.1, 0.15) is 17.0 Å². The standard InChI is InChI=1S/C16H24N4S/c1-11-5-4-6-20(9-11)12(2)8-17-15-14-7-13(3)21-16(14)19-10-18-15/h7,10-12H,4-6,8-9H2,1-3H3,(H,17,18,19). The Kier molecular flexibility index (Phi) is 4.40. The van der Waals surface area contributed by atoms with Crippen molar-refractivity contribution in [3.63, 3.8) is 0 Å². The molecule has 21 heavy (non-hydrogen) atoms. The van der Waals surface area contributed by atoms with Crippen molar-refractivity contribution in [2.45, 2.75) is 39.7 Å². The Balaban J connectivity index is 1.65. The van der Waals surface area contributed by atoms with Gasteiger partial charge in [0, 0.05) is 24.0 Å². The topological polar surface area (TPSA) is 41.0 Å². The number of nitrogens with zero attached hydrogens (tertiary/aromatic N) is 3. The smallest absolute Gasteiger partial charge is 0.138 e. The maximum atomic E-state index is 4.42. The Labute approximate surface area is 130 Å². The molecule has 1 N–H and O–H groups in total. The highest BCUT2D eigenvalue weighted by Crippen LogP contribution is 2.27. The van der Waals surface area contributed by atoms with E-state index in [4.69, 9.17) is 0 Å². The van der Waals surface area contributed by atoms with E-state index in [9.17, 15) is 0 Å². The second kappa shape index (κ2) is 6.28. The lowest BCUT2D eigenvalue weighted by atomic mass is 9.99. The molecule has 0 aliphatic carbocycles. The number of nitrogens with one attached hydrogen (secondary N) is 1. The molecule has 0 spiro atoms. The zero-order valence-corrected chi connectivity index (χ0v) is 13.9. The summed E-state index contributed by atoms with van der Waals surface area (Å²) in [6.45, 7) is 10.2. The molecule has 2 atom stereocenters. The normalized spacial score (nSPS) is 21.6. The first-order chi connectivity index (χ1) is 10.1. The van der Waals surface area contributed by atoms with Gasteiger partial charge >= 0.3 is 0 Å². The van der Waals surface area contributed by atoms with Gasteiger partial charge in [-0.05, 0) is 45.2 Å². The van der Waals surface area contributed by atoms with Crippen LogP contribution in [0.2, 0.25) is 0 Å². The number of aryl methyl sites for hydroxylation is 1. The number of fused-ring (bicyclic) bond motifs is 1. The predicted molar refractivity (Wildman–Crippen MR) is 90.1 cm³/mol. The highest BCUT2D eigenvalue weighted by molar-refractivity contribution is 7.18. The predicted octanol–water partition coefficient (Wildman–Crippen LogP) is 3.53. The second-order valence-electron chi connectivity index (χ2n) is 6.27. The number of hydrogen-bond acceptors (Lipinski definition) is 5. The van der Waals surface area contributed by atoms with E-state index in [1.165, 1.54) is 30.8 Å². The van der Waals surface area contributed by atoms with Crippen LogP contribution < -0.4 is 5.32 Å². The van der Waals surface area contributed by atoms with Crippen molar-refractivity contribution in [1.82, 2.24) is 14.9 Å². The average Bonchev–Trinajstić information content (AvgIpc) is 2.85. The molecule has 1 aliphatic rings. The van der Waals surface area contributed by atoms with Crippen LogP contribution >= 0.6 is 11.3 Å². The third kappa shape index (κ3) is 3.35. The van der Waals surface area contributed by atoms with Crippen LogP contribution in [-0.4, -0.2) is 40.5 Å². The van der Waals surface area contributed by atoms with E-state index in [-0.39, 0.29) is 0 Å². The van der Waals surface area contributed by atoms with Crippen LogP contribution in [0.1, 0.15) is 31.6 Å². The first-order valence-corrected chi connectivity index (χ1v) is 8.64. The van der Waals surface area contributed by atoms with E-state index in [0.29, 0.717) is 6.04 Å². The van der Waals surface area contributed by atoms with Gasteiger partial charge in [-0.15, -0.1) is 11.3 Å². The Morgan fingerprint density at radius 2 is 2.33 bits per heavy atom. The van der Waals surface area contributed by atoms with Gasteiger partial charge in [-0.2, -0.15) is 0 Å². The van der Waals surface area contributed by atoms with Crippen molar-refractivity contribution < 1.29 is 0 Å². The van der Waals surface area contributed by atoms with Crippen molar-refractivity contribution in [2.24, 2.45) is 5.92 Å². The molecule has 0 amide bonds. The Bertz CT molecular complexity index is 609. The lowest BCUT2D eigenvalue weighted by Gasteiger charge is -2.35. The Hall–Kier alpha value is -1.20. The van der Waals surface area contributed by atoms with Crippen molar-refractivity contribution in [3.8, 4) is 0 Å². The summed E-state index contributed by atoms with van der Waals surface area (Å²) in [4.78, 5) is 13.7. The number of thiophene rings is 1. The lowest BCUT2D eigenvalue weighted by Crippen LogP contribution is -2.43. The minimum absolute atomic E-state index is 0.539. The van der Waals surface area contributed by atoms with E-state index in [2.05, 4.69) is 47.0 Å². The van der Waals surface area contributed by atoms with Crippen molar-refractivity contribution in [1.29, 1.82) is 0 Å². The number of likely N-dealkylation sites (tertiary alicyclic amines) is 1. The average molecular weight is 304 g/mol.